The predicted octanol–water partition coefficient (Wildman–Crippen LogP) is 2.25. The summed E-state index contributed by atoms with van der Waals surface area (Å²) in [7, 11) is 0. The van der Waals surface area contributed by atoms with Gasteiger partial charge in [-0.15, -0.1) is 0 Å². The number of rotatable bonds is 1. The highest BCUT2D eigenvalue weighted by molar-refractivity contribution is 5.92. The molecule has 2 aliphatic carbocycles. The fourth-order valence-corrected chi connectivity index (χ4v) is 4.40. The number of ether oxygens (including phenoxy) is 2. The maximum atomic E-state index is 11.8. The molecule has 0 bridgehead atoms. The summed E-state index contributed by atoms with van der Waals surface area (Å²) < 4.78 is 10.8. The van der Waals surface area contributed by atoms with Crippen LogP contribution in [-0.4, -0.2) is 28.9 Å². The maximum Gasteiger partial charge on any atom is 0.336 e. The summed E-state index contributed by atoms with van der Waals surface area (Å²) in [6.07, 6.45) is 1.94. The molecule has 2 fully saturated rings. The van der Waals surface area contributed by atoms with Gasteiger partial charge >= 0.3 is 11.9 Å². The minimum absolute atomic E-state index is 0.0744. The van der Waals surface area contributed by atoms with Crippen molar-refractivity contribution >= 4 is 11.9 Å². The van der Waals surface area contributed by atoms with Crippen molar-refractivity contribution in [1.82, 2.24) is 0 Å². The monoisotopic (exact) mass is 306 g/mol. The SMILES string of the molecule is C=C1CC[C@@H](OC(C)=O)[C@@]2(C)C[C@]3(O)OC(=O)C(C)=C3C[C@@H]12. The normalized spacial score (nSPS) is 40.9. The molecule has 0 radical (unpaired) electrons. The van der Waals surface area contributed by atoms with E-state index in [2.05, 4.69) is 6.58 Å². The summed E-state index contributed by atoms with van der Waals surface area (Å²) in [5.41, 5.74) is 1.76. The second kappa shape index (κ2) is 4.69. The van der Waals surface area contributed by atoms with Crippen molar-refractivity contribution in [1.29, 1.82) is 0 Å². The van der Waals surface area contributed by atoms with Crippen LogP contribution in [0.2, 0.25) is 0 Å². The van der Waals surface area contributed by atoms with E-state index in [0.717, 1.165) is 12.0 Å². The summed E-state index contributed by atoms with van der Waals surface area (Å²) in [5, 5.41) is 10.8. The van der Waals surface area contributed by atoms with Crippen molar-refractivity contribution < 1.29 is 24.2 Å². The third-order valence-corrected chi connectivity index (χ3v) is 5.58. The zero-order valence-corrected chi connectivity index (χ0v) is 13.3. The molecule has 4 atom stereocenters. The van der Waals surface area contributed by atoms with Gasteiger partial charge in [0.2, 0.25) is 5.79 Å². The van der Waals surface area contributed by atoms with E-state index in [1.54, 1.807) is 6.92 Å². The van der Waals surface area contributed by atoms with Gasteiger partial charge in [-0.25, -0.2) is 4.79 Å². The molecule has 1 heterocycles. The molecule has 3 rings (SSSR count). The first-order valence-electron chi connectivity index (χ1n) is 7.68. The second-order valence-corrected chi connectivity index (χ2v) is 7.01. The zero-order valence-electron chi connectivity index (χ0n) is 13.3. The predicted molar refractivity (Wildman–Crippen MR) is 78.5 cm³/mol. The van der Waals surface area contributed by atoms with Crippen LogP contribution in [0, 0.1) is 11.3 Å². The van der Waals surface area contributed by atoms with Crippen LogP contribution in [0.25, 0.3) is 0 Å². The van der Waals surface area contributed by atoms with E-state index in [9.17, 15) is 14.7 Å². The molecule has 120 valence electrons. The number of hydrogen-bond donors (Lipinski definition) is 1. The van der Waals surface area contributed by atoms with Gasteiger partial charge in [0.05, 0.1) is 0 Å². The fraction of sp³-hybridized carbons (Fsp3) is 0.647. The van der Waals surface area contributed by atoms with Crippen molar-refractivity contribution in [2.45, 2.75) is 58.3 Å². The highest BCUT2D eigenvalue weighted by Gasteiger charge is 2.60. The fourth-order valence-electron chi connectivity index (χ4n) is 4.40. The van der Waals surface area contributed by atoms with Gasteiger partial charge in [0.25, 0.3) is 0 Å². The lowest BCUT2D eigenvalue weighted by Gasteiger charge is -2.53. The van der Waals surface area contributed by atoms with E-state index in [-0.39, 0.29) is 24.4 Å². The van der Waals surface area contributed by atoms with Gasteiger partial charge in [-0.3, -0.25) is 4.79 Å². The Morgan fingerprint density at radius 1 is 1.50 bits per heavy atom. The van der Waals surface area contributed by atoms with Gasteiger partial charge in [0.15, 0.2) is 0 Å². The highest BCUT2D eigenvalue weighted by Crippen LogP contribution is 2.59. The van der Waals surface area contributed by atoms with Gasteiger partial charge < -0.3 is 14.6 Å². The Morgan fingerprint density at radius 2 is 2.18 bits per heavy atom. The highest BCUT2D eigenvalue weighted by atomic mass is 16.7. The molecule has 22 heavy (non-hydrogen) atoms. The molecule has 0 aromatic carbocycles. The summed E-state index contributed by atoms with van der Waals surface area (Å²) in [5.74, 6) is -2.28. The van der Waals surface area contributed by atoms with E-state index in [1.165, 1.54) is 6.92 Å². The number of hydrogen-bond acceptors (Lipinski definition) is 5. The molecular formula is C17H22O5. The third kappa shape index (κ3) is 2.02. The quantitative estimate of drug-likeness (QED) is 0.594. The standard InChI is InChI=1S/C17H22O5/c1-9-5-6-14(21-11(3)18)16(4)8-17(20)13(7-12(9)16)10(2)15(19)22-17/h12,14,20H,1,5-8H2,2-4H3/t12-,14+,16-,17-/m0/s1. The summed E-state index contributed by atoms with van der Waals surface area (Å²) in [4.78, 5) is 23.3. The lowest BCUT2D eigenvalue weighted by molar-refractivity contribution is -0.217. The van der Waals surface area contributed by atoms with Crippen LogP contribution in [0.15, 0.2) is 23.3 Å². The first-order valence-corrected chi connectivity index (χ1v) is 7.68. The third-order valence-electron chi connectivity index (χ3n) is 5.58. The van der Waals surface area contributed by atoms with Crippen LogP contribution in [0.3, 0.4) is 0 Å². The molecule has 5 nitrogen and oxygen atoms in total. The summed E-state index contributed by atoms with van der Waals surface area (Å²) >= 11 is 0. The van der Waals surface area contributed by atoms with Gasteiger partial charge in [0, 0.05) is 29.9 Å². The molecule has 2 saturated carbocycles. The van der Waals surface area contributed by atoms with Crippen LogP contribution < -0.4 is 0 Å². The van der Waals surface area contributed by atoms with Crippen molar-refractivity contribution in [3.8, 4) is 0 Å². The van der Waals surface area contributed by atoms with Crippen LogP contribution >= 0.6 is 0 Å². The minimum Gasteiger partial charge on any atom is -0.462 e. The average Bonchev–Trinajstić information content (AvgIpc) is 2.61. The van der Waals surface area contributed by atoms with Crippen molar-refractivity contribution in [2.75, 3.05) is 0 Å². The van der Waals surface area contributed by atoms with Crippen LogP contribution in [0.5, 0.6) is 0 Å². The Morgan fingerprint density at radius 3 is 2.82 bits per heavy atom. The molecule has 0 amide bonds. The number of carbonyl (C=O) groups is 2. The Labute approximate surface area is 130 Å². The first kappa shape index (κ1) is 15.3. The zero-order chi connectivity index (χ0) is 16.3. The molecular weight excluding hydrogens is 284 g/mol. The molecule has 0 aromatic rings. The van der Waals surface area contributed by atoms with E-state index < -0.39 is 17.2 Å². The van der Waals surface area contributed by atoms with Crippen molar-refractivity contribution in [3.63, 3.8) is 0 Å². The molecule has 0 unspecified atom stereocenters. The minimum atomic E-state index is -1.57. The Balaban J connectivity index is 2.02. The molecule has 0 aromatic heterocycles. The smallest absolute Gasteiger partial charge is 0.336 e. The van der Waals surface area contributed by atoms with Crippen LogP contribution in [-0.2, 0) is 19.1 Å². The van der Waals surface area contributed by atoms with Gasteiger partial charge in [-0.1, -0.05) is 19.1 Å². The summed E-state index contributed by atoms with van der Waals surface area (Å²) in [6.45, 7) is 9.24. The molecule has 0 saturated heterocycles. The first-order chi connectivity index (χ1) is 10.2. The molecule has 5 heteroatoms. The van der Waals surface area contributed by atoms with Crippen molar-refractivity contribution in [2.24, 2.45) is 11.3 Å². The maximum absolute atomic E-state index is 11.8. The van der Waals surface area contributed by atoms with Crippen LogP contribution in [0.4, 0.5) is 0 Å². The van der Waals surface area contributed by atoms with Gasteiger partial charge in [-0.2, -0.15) is 0 Å². The van der Waals surface area contributed by atoms with Crippen molar-refractivity contribution in [3.05, 3.63) is 23.3 Å². The van der Waals surface area contributed by atoms with Gasteiger partial charge in [0.1, 0.15) is 6.10 Å². The van der Waals surface area contributed by atoms with Gasteiger partial charge in [-0.05, 0) is 32.1 Å². The van der Waals surface area contributed by atoms with E-state index in [4.69, 9.17) is 9.47 Å². The number of esters is 2. The number of carbonyl (C=O) groups excluding carboxylic acids is 2. The Bertz CT molecular complexity index is 604. The lowest BCUT2D eigenvalue weighted by Crippen LogP contribution is -2.55. The van der Waals surface area contributed by atoms with E-state index in [1.807, 2.05) is 6.92 Å². The van der Waals surface area contributed by atoms with Crippen LogP contribution in [0.1, 0.15) is 46.5 Å². The Kier molecular flexibility index (Phi) is 3.25. The lowest BCUT2D eigenvalue weighted by atomic mass is 9.55. The Hall–Kier alpha value is -1.62. The second-order valence-electron chi connectivity index (χ2n) is 7.01. The molecule has 3 aliphatic rings. The number of aliphatic hydroxyl groups is 1. The van der Waals surface area contributed by atoms with E-state index in [0.29, 0.717) is 24.0 Å². The van der Waals surface area contributed by atoms with E-state index >= 15 is 0 Å². The molecule has 1 aliphatic heterocycles. The topological polar surface area (TPSA) is 72.8 Å². The number of fused-ring (bicyclic) bond motifs is 2. The largest absolute Gasteiger partial charge is 0.462 e. The average molecular weight is 306 g/mol. The summed E-state index contributed by atoms with van der Waals surface area (Å²) in [6, 6.07) is 0. The molecule has 1 N–H and O–H groups in total. The number of allylic oxidation sites excluding steroid dienone is 1. The molecule has 0 spiro atoms.